The van der Waals surface area contributed by atoms with E-state index in [1.165, 1.54) is 11.1 Å². The van der Waals surface area contributed by atoms with Crippen molar-refractivity contribution in [2.75, 3.05) is 19.6 Å². The minimum atomic E-state index is -0.154. The highest BCUT2D eigenvalue weighted by Crippen LogP contribution is 2.27. The topological polar surface area (TPSA) is 62.3 Å². The van der Waals surface area contributed by atoms with E-state index in [1.807, 2.05) is 35.2 Å². The Kier molecular flexibility index (Phi) is 7.85. The predicted molar refractivity (Wildman–Crippen MR) is 130 cm³/mol. The molecule has 1 fully saturated rings. The molecule has 0 saturated carbocycles. The summed E-state index contributed by atoms with van der Waals surface area (Å²) in [5, 5.41) is 3.14. The Morgan fingerprint density at radius 2 is 1.64 bits per heavy atom. The third-order valence-corrected chi connectivity index (χ3v) is 6.37. The molecule has 1 aromatic heterocycles. The van der Waals surface area contributed by atoms with Crippen LogP contribution in [0.25, 0.3) is 0 Å². The molecular weight excluding hydrogens is 410 g/mol. The first-order valence-electron chi connectivity index (χ1n) is 11.8. The molecule has 1 atom stereocenters. The van der Waals surface area contributed by atoms with Gasteiger partial charge in [0.05, 0.1) is 5.92 Å². The molecule has 0 radical (unpaired) electrons. The maximum atomic E-state index is 12.9. The molecule has 3 aromatic rings. The third kappa shape index (κ3) is 6.28. The fourth-order valence-corrected chi connectivity index (χ4v) is 4.52. The Morgan fingerprint density at radius 3 is 2.27 bits per heavy atom. The van der Waals surface area contributed by atoms with Gasteiger partial charge in [0.1, 0.15) is 0 Å². The fourth-order valence-electron chi connectivity index (χ4n) is 4.52. The van der Waals surface area contributed by atoms with Crippen molar-refractivity contribution in [2.45, 2.75) is 31.6 Å². The summed E-state index contributed by atoms with van der Waals surface area (Å²) in [5.41, 5.74) is 3.47. The zero-order valence-electron chi connectivity index (χ0n) is 18.9. The van der Waals surface area contributed by atoms with Crippen molar-refractivity contribution in [3.8, 4) is 0 Å². The van der Waals surface area contributed by atoms with Gasteiger partial charge >= 0.3 is 0 Å². The summed E-state index contributed by atoms with van der Waals surface area (Å²) in [5.74, 6) is 0.252. The second kappa shape index (κ2) is 11.4. The number of piperidine rings is 1. The smallest absolute Gasteiger partial charge is 0.224 e. The van der Waals surface area contributed by atoms with E-state index in [0.29, 0.717) is 38.9 Å². The van der Waals surface area contributed by atoms with E-state index in [1.54, 1.807) is 6.20 Å². The summed E-state index contributed by atoms with van der Waals surface area (Å²) in [6.07, 6.45) is 4.34. The molecule has 4 rings (SSSR count). The second-order valence-corrected chi connectivity index (χ2v) is 8.60. The number of benzene rings is 2. The number of nitrogens with one attached hydrogen (secondary N) is 1. The van der Waals surface area contributed by atoms with Crippen LogP contribution in [0.15, 0.2) is 85.1 Å². The Hall–Kier alpha value is -3.47. The normalized spacial score (nSPS) is 16.1. The lowest BCUT2D eigenvalue weighted by Gasteiger charge is -2.32. The van der Waals surface area contributed by atoms with E-state index >= 15 is 0 Å². The van der Waals surface area contributed by atoms with Crippen LogP contribution in [0.4, 0.5) is 0 Å². The van der Waals surface area contributed by atoms with Crippen LogP contribution in [0.5, 0.6) is 0 Å². The number of pyridine rings is 1. The van der Waals surface area contributed by atoms with Gasteiger partial charge in [0.15, 0.2) is 0 Å². The average molecular weight is 442 g/mol. The largest absolute Gasteiger partial charge is 0.356 e. The Bertz CT molecular complexity index is 985. The maximum absolute atomic E-state index is 12.9. The average Bonchev–Trinajstić information content (AvgIpc) is 2.87. The van der Waals surface area contributed by atoms with Gasteiger partial charge in [-0.25, -0.2) is 0 Å². The summed E-state index contributed by atoms with van der Waals surface area (Å²) in [6.45, 7) is 1.69. The first kappa shape index (κ1) is 22.7. The van der Waals surface area contributed by atoms with E-state index in [4.69, 9.17) is 0 Å². The van der Waals surface area contributed by atoms with Gasteiger partial charge in [-0.15, -0.1) is 0 Å². The van der Waals surface area contributed by atoms with E-state index < -0.39 is 0 Å². The Morgan fingerprint density at radius 1 is 0.970 bits per heavy atom. The molecule has 0 spiro atoms. The van der Waals surface area contributed by atoms with Crippen molar-refractivity contribution in [2.24, 2.45) is 5.92 Å². The first-order valence-corrected chi connectivity index (χ1v) is 11.8. The van der Waals surface area contributed by atoms with Crippen molar-refractivity contribution in [1.29, 1.82) is 0 Å². The van der Waals surface area contributed by atoms with Crippen molar-refractivity contribution in [1.82, 2.24) is 15.2 Å². The van der Waals surface area contributed by atoms with Gasteiger partial charge in [-0.2, -0.15) is 0 Å². The molecule has 1 aliphatic heterocycles. The number of hydrogen-bond acceptors (Lipinski definition) is 3. The predicted octanol–water partition coefficient (Wildman–Crippen LogP) is 4.20. The molecule has 1 aliphatic rings. The minimum Gasteiger partial charge on any atom is -0.356 e. The minimum absolute atomic E-state index is 0.0465. The Labute approximate surface area is 195 Å². The molecule has 1 unspecified atom stereocenters. The summed E-state index contributed by atoms with van der Waals surface area (Å²) >= 11 is 0. The molecule has 0 bridgehead atoms. The standard InChI is InChI=1S/C28H31N3O2/c32-27-15-14-24(21-31(27)20-17-25-13-7-8-18-29-25)28(33)30-19-16-26(22-9-3-1-4-10-22)23-11-5-2-6-12-23/h1-13,18,24,26H,14-17,19-21H2,(H,30,33). The van der Waals surface area contributed by atoms with Gasteiger partial charge in [-0.1, -0.05) is 66.7 Å². The van der Waals surface area contributed by atoms with Crippen molar-refractivity contribution >= 4 is 11.8 Å². The number of likely N-dealkylation sites (tertiary alicyclic amines) is 1. The molecule has 2 heterocycles. The molecule has 170 valence electrons. The lowest BCUT2D eigenvalue weighted by atomic mass is 9.88. The number of carbonyl (C=O) groups excluding carboxylic acids is 2. The quantitative estimate of drug-likeness (QED) is 0.541. The highest BCUT2D eigenvalue weighted by molar-refractivity contribution is 5.83. The SMILES string of the molecule is O=C(NCCC(c1ccccc1)c1ccccc1)C1CCC(=O)N(CCc2ccccn2)C1. The molecule has 0 aliphatic carbocycles. The number of aromatic nitrogens is 1. The summed E-state index contributed by atoms with van der Waals surface area (Å²) in [4.78, 5) is 31.4. The van der Waals surface area contributed by atoms with E-state index in [0.717, 1.165) is 12.1 Å². The van der Waals surface area contributed by atoms with E-state index in [9.17, 15) is 9.59 Å². The molecule has 1 N–H and O–H groups in total. The van der Waals surface area contributed by atoms with Crippen LogP contribution in [0.3, 0.4) is 0 Å². The highest BCUT2D eigenvalue weighted by atomic mass is 16.2. The number of nitrogens with zero attached hydrogens (tertiary/aromatic N) is 2. The van der Waals surface area contributed by atoms with Crippen LogP contribution >= 0.6 is 0 Å². The van der Waals surface area contributed by atoms with Crippen LogP contribution < -0.4 is 5.32 Å². The van der Waals surface area contributed by atoms with Gasteiger partial charge in [0.25, 0.3) is 0 Å². The van der Waals surface area contributed by atoms with Crippen LogP contribution in [-0.4, -0.2) is 41.3 Å². The lowest BCUT2D eigenvalue weighted by Crippen LogP contribution is -2.46. The van der Waals surface area contributed by atoms with Gasteiger partial charge in [0, 0.05) is 50.3 Å². The zero-order chi connectivity index (χ0) is 22.9. The fraction of sp³-hybridized carbons (Fsp3) is 0.321. The molecule has 5 nitrogen and oxygen atoms in total. The third-order valence-electron chi connectivity index (χ3n) is 6.37. The zero-order valence-corrected chi connectivity index (χ0v) is 18.9. The summed E-state index contributed by atoms with van der Waals surface area (Å²) < 4.78 is 0. The van der Waals surface area contributed by atoms with Crippen LogP contribution in [-0.2, 0) is 16.0 Å². The van der Waals surface area contributed by atoms with Gasteiger partial charge in [0.2, 0.25) is 11.8 Å². The molecule has 1 saturated heterocycles. The van der Waals surface area contributed by atoms with Gasteiger partial charge in [-0.3, -0.25) is 14.6 Å². The number of amides is 2. The number of carbonyl (C=O) groups is 2. The molecule has 2 amide bonds. The van der Waals surface area contributed by atoms with Crippen molar-refractivity contribution in [3.05, 3.63) is 102 Å². The molecular formula is C28H31N3O2. The van der Waals surface area contributed by atoms with Gasteiger partial charge < -0.3 is 10.2 Å². The second-order valence-electron chi connectivity index (χ2n) is 8.60. The van der Waals surface area contributed by atoms with Crippen LogP contribution in [0.1, 0.15) is 42.0 Å². The Balaban J connectivity index is 1.31. The van der Waals surface area contributed by atoms with E-state index in [-0.39, 0.29) is 23.7 Å². The number of hydrogen-bond donors (Lipinski definition) is 1. The van der Waals surface area contributed by atoms with Gasteiger partial charge in [-0.05, 0) is 36.1 Å². The first-order chi connectivity index (χ1) is 16.2. The summed E-state index contributed by atoms with van der Waals surface area (Å²) in [6, 6.07) is 26.7. The molecule has 2 aromatic carbocycles. The molecule has 33 heavy (non-hydrogen) atoms. The van der Waals surface area contributed by atoms with Crippen molar-refractivity contribution in [3.63, 3.8) is 0 Å². The van der Waals surface area contributed by atoms with E-state index in [2.05, 4.69) is 58.8 Å². The van der Waals surface area contributed by atoms with Crippen LogP contribution in [0, 0.1) is 5.92 Å². The van der Waals surface area contributed by atoms with Crippen LogP contribution in [0.2, 0.25) is 0 Å². The molecule has 5 heteroatoms. The highest BCUT2D eigenvalue weighted by Gasteiger charge is 2.30. The van der Waals surface area contributed by atoms with Crippen molar-refractivity contribution < 1.29 is 9.59 Å². The summed E-state index contributed by atoms with van der Waals surface area (Å²) in [7, 11) is 0. The lowest BCUT2D eigenvalue weighted by molar-refractivity contribution is -0.138. The number of rotatable bonds is 9. The maximum Gasteiger partial charge on any atom is 0.224 e. The monoisotopic (exact) mass is 441 g/mol.